The van der Waals surface area contributed by atoms with Crippen LogP contribution in [0.5, 0.6) is 5.75 Å². The minimum absolute atomic E-state index is 0.0949. The maximum absolute atomic E-state index is 13.6. The fourth-order valence-corrected chi connectivity index (χ4v) is 4.79. The van der Waals surface area contributed by atoms with Crippen molar-refractivity contribution in [3.8, 4) is 5.75 Å². The van der Waals surface area contributed by atoms with Gasteiger partial charge in [0.25, 0.3) is 0 Å². The van der Waals surface area contributed by atoms with E-state index in [1.165, 1.54) is 17.5 Å². The van der Waals surface area contributed by atoms with E-state index in [1.807, 2.05) is 0 Å². The molecule has 0 saturated carbocycles. The lowest BCUT2D eigenvalue weighted by Gasteiger charge is -2.31. The zero-order valence-electron chi connectivity index (χ0n) is 15.3. The summed E-state index contributed by atoms with van der Waals surface area (Å²) in [5, 5.41) is 2.89. The van der Waals surface area contributed by atoms with E-state index in [0.29, 0.717) is 25.9 Å². The minimum Gasteiger partial charge on any atom is -0.495 e. The van der Waals surface area contributed by atoms with E-state index in [4.69, 9.17) is 4.74 Å². The summed E-state index contributed by atoms with van der Waals surface area (Å²) < 4.78 is 45.8. The van der Waals surface area contributed by atoms with E-state index in [9.17, 15) is 17.6 Å². The summed E-state index contributed by atoms with van der Waals surface area (Å²) in [5.74, 6) is -1.06. The maximum atomic E-state index is 13.6. The first-order valence-electron chi connectivity index (χ1n) is 9.01. The van der Waals surface area contributed by atoms with Crippen LogP contribution >= 0.6 is 0 Å². The Bertz CT molecular complexity index is 724. The summed E-state index contributed by atoms with van der Waals surface area (Å²) in [5.41, 5.74) is 0. The fourth-order valence-electron chi connectivity index (χ4n) is 3.10. The third kappa shape index (κ3) is 4.94. The number of benzene rings is 1. The molecule has 0 aromatic heterocycles. The van der Waals surface area contributed by atoms with Crippen LogP contribution in [0.1, 0.15) is 39.0 Å². The summed E-state index contributed by atoms with van der Waals surface area (Å²) >= 11 is 0. The van der Waals surface area contributed by atoms with E-state index in [1.54, 1.807) is 0 Å². The molecular weight excluding hydrogens is 359 g/mol. The Morgan fingerprint density at radius 1 is 1.38 bits per heavy atom. The van der Waals surface area contributed by atoms with Crippen LogP contribution in [0.2, 0.25) is 0 Å². The number of nitrogens with one attached hydrogen (secondary N) is 1. The molecule has 8 heteroatoms. The van der Waals surface area contributed by atoms with Crippen LogP contribution < -0.4 is 10.1 Å². The Morgan fingerprint density at radius 3 is 2.85 bits per heavy atom. The van der Waals surface area contributed by atoms with Gasteiger partial charge < -0.3 is 10.1 Å². The van der Waals surface area contributed by atoms with Gasteiger partial charge in [0, 0.05) is 19.6 Å². The Hall–Kier alpha value is -1.67. The largest absolute Gasteiger partial charge is 0.495 e. The molecule has 1 aromatic carbocycles. The summed E-state index contributed by atoms with van der Waals surface area (Å²) in [6.07, 6.45) is 4.26. The second kappa shape index (κ2) is 9.32. The molecule has 0 bridgehead atoms. The molecule has 1 aliphatic heterocycles. The minimum atomic E-state index is -3.93. The number of unbranched alkanes of at least 4 members (excludes halogenated alkanes) is 2. The standard InChI is InChI=1S/C18H27FN2O4S/c1-3-4-5-10-20-18(22)14-7-6-11-21(13-14)26(23,24)17-12-15(19)8-9-16(17)25-2/h8-9,12,14H,3-7,10-11,13H2,1-2H3,(H,20,22)/t14-/m0/s1. The van der Waals surface area contributed by atoms with Crippen molar-refractivity contribution in [2.75, 3.05) is 26.7 Å². The number of ether oxygens (including phenoxy) is 1. The van der Waals surface area contributed by atoms with Crippen molar-refractivity contribution in [3.05, 3.63) is 24.0 Å². The van der Waals surface area contributed by atoms with E-state index in [0.717, 1.165) is 31.4 Å². The highest BCUT2D eigenvalue weighted by molar-refractivity contribution is 7.89. The first-order chi connectivity index (χ1) is 12.4. The van der Waals surface area contributed by atoms with E-state index < -0.39 is 15.8 Å². The van der Waals surface area contributed by atoms with Crippen LogP contribution in [0, 0.1) is 11.7 Å². The van der Waals surface area contributed by atoms with E-state index >= 15 is 0 Å². The van der Waals surface area contributed by atoms with Gasteiger partial charge in [0.05, 0.1) is 13.0 Å². The number of sulfonamides is 1. The highest BCUT2D eigenvalue weighted by Gasteiger charge is 2.34. The van der Waals surface area contributed by atoms with Gasteiger partial charge in [0.15, 0.2) is 0 Å². The van der Waals surface area contributed by atoms with Crippen molar-refractivity contribution in [2.45, 2.75) is 43.9 Å². The summed E-state index contributed by atoms with van der Waals surface area (Å²) in [7, 11) is -2.59. The second-order valence-corrected chi connectivity index (χ2v) is 8.40. The fraction of sp³-hybridized carbons (Fsp3) is 0.611. The maximum Gasteiger partial charge on any atom is 0.246 e. The third-order valence-corrected chi connectivity index (χ3v) is 6.46. The Labute approximate surface area is 154 Å². The van der Waals surface area contributed by atoms with E-state index in [2.05, 4.69) is 12.2 Å². The van der Waals surface area contributed by atoms with Crippen LogP contribution in [0.3, 0.4) is 0 Å². The number of rotatable bonds is 8. The molecule has 1 amide bonds. The highest BCUT2D eigenvalue weighted by Crippen LogP contribution is 2.30. The third-order valence-electron chi connectivity index (χ3n) is 4.58. The number of methoxy groups -OCH3 is 1. The van der Waals surface area contributed by atoms with Crippen LogP contribution in [-0.4, -0.2) is 45.4 Å². The van der Waals surface area contributed by atoms with Crippen LogP contribution in [0.15, 0.2) is 23.1 Å². The number of hydrogen-bond acceptors (Lipinski definition) is 4. The number of piperidine rings is 1. The molecule has 6 nitrogen and oxygen atoms in total. The van der Waals surface area contributed by atoms with Gasteiger partial charge in [0.2, 0.25) is 15.9 Å². The first kappa shape index (κ1) is 20.6. The molecule has 1 N–H and O–H groups in total. The lowest BCUT2D eigenvalue weighted by atomic mass is 9.99. The molecule has 1 aliphatic rings. The van der Waals surface area contributed by atoms with Gasteiger partial charge >= 0.3 is 0 Å². The molecule has 0 spiro atoms. The number of nitrogens with zero attached hydrogens (tertiary/aromatic N) is 1. The van der Waals surface area contributed by atoms with Crippen molar-refractivity contribution >= 4 is 15.9 Å². The van der Waals surface area contributed by atoms with Crippen LogP contribution in [0.4, 0.5) is 4.39 Å². The molecule has 0 radical (unpaired) electrons. The number of amides is 1. The number of hydrogen-bond donors (Lipinski definition) is 1. The van der Waals surface area contributed by atoms with Crippen molar-refractivity contribution < 1.29 is 22.3 Å². The van der Waals surface area contributed by atoms with Gasteiger partial charge in [-0.05, 0) is 37.5 Å². The van der Waals surface area contributed by atoms with Crippen molar-refractivity contribution in [3.63, 3.8) is 0 Å². The van der Waals surface area contributed by atoms with Gasteiger partial charge in [-0.25, -0.2) is 12.8 Å². The molecular formula is C18H27FN2O4S. The molecule has 26 heavy (non-hydrogen) atoms. The van der Waals surface area contributed by atoms with Crippen LogP contribution in [0.25, 0.3) is 0 Å². The van der Waals surface area contributed by atoms with Gasteiger partial charge in [0.1, 0.15) is 16.5 Å². The monoisotopic (exact) mass is 386 g/mol. The normalized spacial score (nSPS) is 18.5. The zero-order valence-corrected chi connectivity index (χ0v) is 16.1. The van der Waals surface area contributed by atoms with Gasteiger partial charge in [-0.3, -0.25) is 4.79 Å². The molecule has 0 unspecified atom stereocenters. The average molecular weight is 386 g/mol. The second-order valence-electron chi connectivity index (χ2n) is 6.50. The van der Waals surface area contributed by atoms with Crippen molar-refractivity contribution in [1.82, 2.24) is 9.62 Å². The highest BCUT2D eigenvalue weighted by atomic mass is 32.2. The number of carbonyl (C=O) groups is 1. The summed E-state index contributed by atoms with van der Waals surface area (Å²) in [6, 6.07) is 3.41. The zero-order chi connectivity index (χ0) is 19.2. The first-order valence-corrected chi connectivity index (χ1v) is 10.5. The molecule has 2 rings (SSSR count). The van der Waals surface area contributed by atoms with Gasteiger partial charge in [-0.15, -0.1) is 0 Å². The summed E-state index contributed by atoms with van der Waals surface area (Å²) in [6.45, 7) is 3.10. The lowest BCUT2D eigenvalue weighted by Crippen LogP contribution is -2.45. The number of halogens is 1. The van der Waals surface area contributed by atoms with Gasteiger partial charge in [-0.1, -0.05) is 19.8 Å². The van der Waals surface area contributed by atoms with Crippen LogP contribution in [-0.2, 0) is 14.8 Å². The number of carbonyl (C=O) groups excluding carboxylic acids is 1. The molecule has 1 saturated heterocycles. The Kier molecular flexibility index (Phi) is 7.40. The molecule has 146 valence electrons. The Morgan fingerprint density at radius 2 is 2.15 bits per heavy atom. The summed E-state index contributed by atoms with van der Waals surface area (Å²) in [4.78, 5) is 12.1. The van der Waals surface area contributed by atoms with Crippen molar-refractivity contribution in [2.24, 2.45) is 5.92 Å². The predicted molar refractivity (Wildman–Crippen MR) is 97.0 cm³/mol. The molecule has 1 fully saturated rings. The predicted octanol–water partition coefficient (Wildman–Crippen LogP) is 2.54. The lowest BCUT2D eigenvalue weighted by molar-refractivity contribution is -0.126. The Balaban J connectivity index is 2.10. The average Bonchev–Trinajstić information content (AvgIpc) is 2.65. The topological polar surface area (TPSA) is 75.7 Å². The van der Waals surface area contributed by atoms with E-state index in [-0.39, 0.29) is 29.0 Å². The molecule has 0 aliphatic carbocycles. The van der Waals surface area contributed by atoms with Crippen molar-refractivity contribution in [1.29, 1.82) is 0 Å². The molecule has 1 atom stereocenters. The quantitative estimate of drug-likeness (QED) is 0.697. The SMILES string of the molecule is CCCCCNC(=O)[C@H]1CCCN(S(=O)(=O)c2cc(F)ccc2OC)C1. The smallest absolute Gasteiger partial charge is 0.246 e. The molecule has 1 heterocycles. The van der Waals surface area contributed by atoms with Gasteiger partial charge in [-0.2, -0.15) is 4.31 Å². The molecule has 1 aromatic rings.